The molecule has 3 aromatic carbocycles. The van der Waals surface area contributed by atoms with Gasteiger partial charge in [0.1, 0.15) is 22.0 Å². The van der Waals surface area contributed by atoms with Crippen molar-refractivity contribution < 1.29 is 36.0 Å². The maximum absolute atomic E-state index is 13.4. The molecule has 14 heteroatoms. The molecule has 1 aliphatic rings. The molecule has 1 aliphatic heterocycles. The minimum Gasteiger partial charge on any atom is -0.461 e. The number of aromatic nitrogens is 2. The van der Waals surface area contributed by atoms with E-state index in [0.717, 1.165) is 18.4 Å². The van der Waals surface area contributed by atoms with Gasteiger partial charge in [-0.2, -0.15) is 0 Å². The fourth-order valence-electron chi connectivity index (χ4n) is 6.31. The Kier molecular flexibility index (Phi) is 11.2. The molecule has 3 heterocycles. The van der Waals surface area contributed by atoms with Gasteiger partial charge in [0, 0.05) is 24.3 Å². The number of hydrogen-bond acceptors (Lipinski definition) is 8. The van der Waals surface area contributed by atoms with E-state index in [4.69, 9.17) is 10.5 Å². The second-order valence-electron chi connectivity index (χ2n) is 12.2. The number of aryl methyl sites for hydroxylation is 2. The van der Waals surface area contributed by atoms with Crippen LogP contribution in [0.5, 0.6) is 0 Å². The van der Waals surface area contributed by atoms with Gasteiger partial charge in [-0.05, 0) is 81.5 Å². The second kappa shape index (κ2) is 15.4. The average molecular weight is 745 g/mol. The zero-order valence-corrected chi connectivity index (χ0v) is 30.9. The number of aromatic amines is 2. The number of hydrogen-bond donors (Lipinski definition) is 3. The Morgan fingerprint density at radius 2 is 1.23 bits per heavy atom. The molecule has 0 unspecified atom stereocenters. The maximum atomic E-state index is 13.4. The molecule has 5 aromatic rings. The highest BCUT2D eigenvalue weighted by Crippen LogP contribution is 2.32. The minimum atomic E-state index is -4.05. The summed E-state index contributed by atoms with van der Waals surface area (Å²) in [6.07, 6.45) is 1.66. The van der Waals surface area contributed by atoms with E-state index in [0.29, 0.717) is 24.3 Å². The van der Waals surface area contributed by atoms with Gasteiger partial charge in [0.05, 0.1) is 21.3 Å². The Morgan fingerprint density at radius 3 is 1.79 bits per heavy atom. The quantitative estimate of drug-likeness (QED) is 0.174. The molecule has 2 amide bonds. The van der Waals surface area contributed by atoms with Crippen LogP contribution in [0.1, 0.15) is 72.8 Å². The molecule has 4 N–H and O–H groups in total. The normalized spacial score (nSPS) is 13.0. The van der Waals surface area contributed by atoms with Crippen LogP contribution in [0.3, 0.4) is 0 Å². The number of esters is 1. The predicted octanol–water partition coefficient (Wildman–Crippen LogP) is 5.48. The maximum Gasteiger partial charge on any atom is 0.355 e. The van der Waals surface area contributed by atoms with E-state index >= 15 is 0 Å². The predicted molar refractivity (Wildman–Crippen MR) is 194 cm³/mol. The van der Waals surface area contributed by atoms with Crippen molar-refractivity contribution in [3.8, 4) is 0 Å². The number of fused-ring (bicyclic) bond motifs is 1. The lowest BCUT2D eigenvalue weighted by Crippen LogP contribution is -2.31. The molecule has 0 spiro atoms. The molecule has 2 aromatic heterocycles. The molecule has 12 nitrogen and oxygen atoms in total. The molecule has 272 valence electrons. The zero-order chi connectivity index (χ0) is 37.8. The molecule has 0 aliphatic carbocycles. The van der Waals surface area contributed by atoms with E-state index in [-0.39, 0.29) is 54.7 Å². The van der Waals surface area contributed by atoms with Crippen LogP contribution in [0.15, 0.2) is 105 Å². The lowest BCUT2D eigenvalue weighted by Gasteiger charge is -2.21. The fraction of sp³-hybridized carbons (Fsp3) is 0.237. The Morgan fingerprint density at radius 1 is 0.712 bits per heavy atom. The van der Waals surface area contributed by atoms with Gasteiger partial charge in [0.2, 0.25) is 19.7 Å². The summed E-state index contributed by atoms with van der Waals surface area (Å²) in [7, 11) is -7.71. The Labute approximate surface area is 302 Å². The zero-order valence-electron chi connectivity index (χ0n) is 29.2. The standard InChI is InChI=1S/C23H23N3O4S.C15H17NO4S/c1-15-19(23(28)26-13-7-10-16-8-5-6-9-17(16)14-26)25-20(22(24)27)21(15)31(29,30)18-11-3-2-4-12-18;1-4-20-15(17)13-10(2)14(11(3)16-13)21(18,19)12-8-6-5-7-9-12/h2-6,8-9,11-12,25H,7,10,13-14H2,1H3,(H2,24,27);5-9,16H,4H2,1-3H3. The van der Waals surface area contributed by atoms with Crippen LogP contribution in [-0.2, 0) is 37.4 Å². The number of nitrogens with zero attached hydrogens (tertiary/aromatic N) is 1. The SMILES string of the molecule is CCOC(=O)c1[nH]c(C)c(S(=O)(=O)c2ccccc2)c1C.Cc1c(C(=O)N2CCCc3ccccc3C2)[nH]c(C(N)=O)c1S(=O)(=O)c1ccccc1. The number of H-pyrrole nitrogens is 2. The number of amides is 2. The summed E-state index contributed by atoms with van der Waals surface area (Å²) in [5.74, 6) is -1.84. The number of ether oxygens (including phenoxy) is 1. The van der Waals surface area contributed by atoms with Crippen LogP contribution in [0.4, 0.5) is 0 Å². The number of nitrogens with two attached hydrogens (primary N) is 1. The Balaban J connectivity index is 0.000000217. The van der Waals surface area contributed by atoms with Crippen molar-refractivity contribution in [3.05, 3.63) is 130 Å². The van der Waals surface area contributed by atoms with Crippen molar-refractivity contribution in [1.29, 1.82) is 0 Å². The number of benzene rings is 3. The molecular formula is C38H40N4O8S2. The highest BCUT2D eigenvalue weighted by molar-refractivity contribution is 7.92. The molecule has 0 saturated heterocycles. The largest absolute Gasteiger partial charge is 0.461 e. The molecule has 0 atom stereocenters. The van der Waals surface area contributed by atoms with E-state index in [1.807, 2.05) is 18.2 Å². The van der Waals surface area contributed by atoms with Gasteiger partial charge in [-0.25, -0.2) is 21.6 Å². The Hall–Kier alpha value is -5.47. The smallest absolute Gasteiger partial charge is 0.355 e. The van der Waals surface area contributed by atoms with Gasteiger partial charge in [0.25, 0.3) is 11.8 Å². The first-order valence-corrected chi connectivity index (χ1v) is 19.5. The molecule has 0 fully saturated rings. The van der Waals surface area contributed by atoms with Crippen molar-refractivity contribution in [1.82, 2.24) is 14.9 Å². The van der Waals surface area contributed by atoms with Crippen LogP contribution in [-0.4, -0.2) is 62.6 Å². The first-order valence-electron chi connectivity index (χ1n) is 16.5. The number of nitrogens with one attached hydrogen (secondary N) is 2. The fourth-order valence-corrected chi connectivity index (χ4v) is 9.70. The van der Waals surface area contributed by atoms with Crippen LogP contribution in [0.2, 0.25) is 0 Å². The van der Waals surface area contributed by atoms with E-state index < -0.39 is 31.6 Å². The third kappa shape index (κ3) is 7.44. The van der Waals surface area contributed by atoms with Gasteiger partial charge >= 0.3 is 5.97 Å². The summed E-state index contributed by atoms with van der Waals surface area (Å²) in [4.78, 5) is 44.6. The van der Waals surface area contributed by atoms with Crippen LogP contribution >= 0.6 is 0 Å². The lowest BCUT2D eigenvalue weighted by atomic mass is 10.0. The third-order valence-electron chi connectivity index (χ3n) is 8.79. The van der Waals surface area contributed by atoms with Crippen molar-refractivity contribution in [2.75, 3.05) is 13.2 Å². The second-order valence-corrected chi connectivity index (χ2v) is 16.0. The number of rotatable bonds is 8. The topological polar surface area (TPSA) is 190 Å². The number of carbonyl (C=O) groups excluding carboxylic acids is 3. The summed E-state index contributed by atoms with van der Waals surface area (Å²) < 4.78 is 56.8. The monoisotopic (exact) mass is 744 g/mol. The van der Waals surface area contributed by atoms with Crippen molar-refractivity contribution in [3.63, 3.8) is 0 Å². The average Bonchev–Trinajstić information content (AvgIpc) is 3.55. The molecular weight excluding hydrogens is 705 g/mol. The third-order valence-corrected chi connectivity index (χ3v) is 12.8. The van der Waals surface area contributed by atoms with E-state index in [1.165, 1.54) is 36.8 Å². The van der Waals surface area contributed by atoms with Crippen LogP contribution < -0.4 is 5.73 Å². The first kappa shape index (κ1) is 37.8. The van der Waals surface area contributed by atoms with E-state index in [1.54, 1.807) is 62.1 Å². The molecule has 0 bridgehead atoms. The molecule has 0 radical (unpaired) electrons. The van der Waals surface area contributed by atoms with Crippen LogP contribution in [0, 0.1) is 20.8 Å². The van der Waals surface area contributed by atoms with Crippen molar-refractivity contribution >= 4 is 37.5 Å². The summed E-state index contributed by atoms with van der Waals surface area (Å²) in [5, 5.41) is 0. The van der Waals surface area contributed by atoms with Gasteiger partial charge in [-0.15, -0.1) is 0 Å². The van der Waals surface area contributed by atoms with Crippen LogP contribution in [0.25, 0.3) is 0 Å². The van der Waals surface area contributed by atoms with Crippen molar-refractivity contribution in [2.45, 2.75) is 66.7 Å². The Bertz CT molecular complexity index is 2350. The summed E-state index contributed by atoms with van der Waals surface area (Å²) >= 11 is 0. The van der Waals surface area contributed by atoms with Crippen molar-refractivity contribution in [2.24, 2.45) is 5.73 Å². The molecule has 0 saturated carbocycles. The van der Waals surface area contributed by atoms with E-state index in [9.17, 15) is 31.2 Å². The molecule has 52 heavy (non-hydrogen) atoms. The number of carbonyl (C=O) groups is 3. The van der Waals surface area contributed by atoms with Gasteiger partial charge in [-0.1, -0.05) is 60.7 Å². The highest BCUT2D eigenvalue weighted by Gasteiger charge is 2.34. The van der Waals surface area contributed by atoms with Gasteiger partial charge in [0.15, 0.2) is 0 Å². The summed E-state index contributed by atoms with van der Waals surface area (Å²) in [6.45, 7) is 7.63. The van der Waals surface area contributed by atoms with E-state index in [2.05, 4.69) is 16.0 Å². The lowest BCUT2D eigenvalue weighted by molar-refractivity contribution is 0.0518. The summed E-state index contributed by atoms with van der Waals surface area (Å²) in [6, 6.07) is 23.9. The van der Waals surface area contributed by atoms with Gasteiger partial charge in [-0.3, -0.25) is 9.59 Å². The number of sulfone groups is 2. The molecule has 6 rings (SSSR count). The summed E-state index contributed by atoms with van der Waals surface area (Å²) in [5.41, 5.74) is 8.73. The highest BCUT2D eigenvalue weighted by atomic mass is 32.2. The van der Waals surface area contributed by atoms with Gasteiger partial charge < -0.3 is 25.3 Å². The first-order chi connectivity index (χ1) is 24.7. The number of primary amides is 1. The minimum absolute atomic E-state index is 0.0299.